The number of pyridine rings is 1. The maximum Gasteiger partial charge on any atom is 0.276 e. The summed E-state index contributed by atoms with van der Waals surface area (Å²) in [4.78, 5) is 23.9. The van der Waals surface area contributed by atoms with Crippen LogP contribution in [-0.2, 0) is 9.53 Å². The minimum Gasteiger partial charge on any atom is -0.498 e. The van der Waals surface area contributed by atoms with E-state index in [0.717, 1.165) is 30.8 Å². The highest BCUT2D eigenvalue weighted by atomic mass is 19.1. The number of aromatic nitrogens is 1. The van der Waals surface area contributed by atoms with Gasteiger partial charge in [0.05, 0.1) is 37.7 Å². The van der Waals surface area contributed by atoms with Gasteiger partial charge in [-0.3, -0.25) is 14.8 Å². The molecule has 2 heterocycles. The van der Waals surface area contributed by atoms with Gasteiger partial charge in [-0.15, -0.1) is 0 Å². The predicted molar refractivity (Wildman–Crippen MR) is 191 cm³/mol. The van der Waals surface area contributed by atoms with E-state index in [1.54, 1.807) is 63.2 Å². The molecule has 0 atom stereocenters. The van der Waals surface area contributed by atoms with E-state index in [1.165, 1.54) is 19.2 Å². The highest BCUT2D eigenvalue weighted by Gasteiger charge is 2.18. The first-order valence-electron chi connectivity index (χ1n) is 15.7. The van der Waals surface area contributed by atoms with Gasteiger partial charge in [-0.05, 0) is 48.4 Å². The van der Waals surface area contributed by atoms with Crippen LogP contribution in [0.15, 0.2) is 103 Å². The number of carbonyl (C=O) groups excluding carboxylic acids is 1. The number of aliphatic imine (C=N–C) groups is 1. The summed E-state index contributed by atoms with van der Waals surface area (Å²) >= 11 is 0. The first kappa shape index (κ1) is 34.3. The largest absolute Gasteiger partial charge is 0.498 e. The molecular weight excluding hydrogens is 627 g/mol. The van der Waals surface area contributed by atoms with Gasteiger partial charge in [0, 0.05) is 68.1 Å². The molecule has 0 radical (unpaired) electrons. The molecule has 12 heteroatoms. The monoisotopic (exact) mass is 666 g/mol. The van der Waals surface area contributed by atoms with Crippen LogP contribution in [0.25, 0.3) is 17.0 Å². The van der Waals surface area contributed by atoms with E-state index in [2.05, 4.69) is 37.4 Å². The van der Waals surface area contributed by atoms with Crippen molar-refractivity contribution >= 4 is 40.0 Å². The maximum absolute atomic E-state index is 15.4. The van der Waals surface area contributed by atoms with E-state index in [4.69, 9.17) is 18.9 Å². The zero-order chi connectivity index (χ0) is 34.6. The van der Waals surface area contributed by atoms with Crippen LogP contribution >= 0.6 is 0 Å². The fourth-order valence-electron chi connectivity index (χ4n) is 5.01. The molecule has 0 fully saturated rings. The quantitative estimate of drug-likeness (QED) is 0.0956. The van der Waals surface area contributed by atoms with Gasteiger partial charge in [-0.2, -0.15) is 0 Å². The van der Waals surface area contributed by atoms with E-state index in [-0.39, 0.29) is 17.1 Å². The van der Waals surface area contributed by atoms with Gasteiger partial charge in [-0.25, -0.2) is 4.39 Å². The number of hydrogen-bond donors (Lipinski definition) is 3. The van der Waals surface area contributed by atoms with Gasteiger partial charge in [0.25, 0.3) is 5.91 Å². The molecule has 0 saturated heterocycles. The lowest BCUT2D eigenvalue weighted by Crippen LogP contribution is -2.30. The van der Waals surface area contributed by atoms with Crippen molar-refractivity contribution in [1.29, 1.82) is 0 Å². The summed E-state index contributed by atoms with van der Waals surface area (Å²) in [6, 6.07) is 17.0. The second-order valence-corrected chi connectivity index (χ2v) is 10.8. The van der Waals surface area contributed by atoms with Crippen molar-refractivity contribution in [3.63, 3.8) is 0 Å². The fraction of sp³-hybridized carbons (Fsp3) is 0.216. The third-order valence-electron chi connectivity index (χ3n) is 7.60. The Bertz CT molecular complexity index is 1880. The minimum absolute atomic E-state index is 0.0335. The normalized spacial score (nSPS) is 13.0. The summed E-state index contributed by atoms with van der Waals surface area (Å²) < 4.78 is 38.2. The number of carbonyl (C=O) groups is 1. The van der Waals surface area contributed by atoms with Crippen LogP contribution < -0.4 is 30.2 Å². The molecule has 4 aromatic rings. The first-order chi connectivity index (χ1) is 23.9. The Morgan fingerprint density at radius 1 is 1.08 bits per heavy atom. The molecule has 0 aliphatic carbocycles. The summed E-state index contributed by atoms with van der Waals surface area (Å²) in [6.07, 6.45) is 9.40. The minimum atomic E-state index is -0.672. The van der Waals surface area contributed by atoms with E-state index in [9.17, 15) is 4.79 Å². The van der Waals surface area contributed by atoms with Crippen molar-refractivity contribution in [3.8, 4) is 23.0 Å². The molecule has 254 valence electrons. The third kappa shape index (κ3) is 8.86. The van der Waals surface area contributed by atoms with Crippen LogP contribution in [0.5, 0.6) is 23.0 Å². The van der Waals surface area contributed by atoms with Gasteiger partial charge in [0.1, 0.15) is 18.1 Å². The Hall–Kier alpha value is -6.04. The maximum atomic E-state index is 15.4. The second-order valence-electron chi connectivity index (χ2n) is 10.8. The smallest absolute Gasteiger partial charge is 0.276 e. The highest BCUT2D eigenvalue weighted by molar-refractivity contribution is 6.48. The third-order valence-corrected chi connectivity index (χ3v) is 7.60. The summed E-state index contributed by atoms with van der Waals surface area (Å²) in [5, 5.41) is 9.44. The molecule has 1 aromatic heterocycles. The molecule has 1 aliphatic heterocycles. The van der Waals surface area contributed by atoms with Gasteiger partial charge in [0.15, 0.2) is 23.1 Å². The van der Waals surface area contributed by atoms with Crippen LogP contribution in [-0.4, -0.2) is 69.0 Å². The molecule has 11 nitrogen and oxygen atoms in total. The van der Waals surface area contributed by atoms with Gasteiger partial charge >= 0.3 is 0 Å². The number of ether oxygens (including phenoxy) is 4. The van der Waals surface area contributed by atoms with Crippen LogP contribution in [0.2, 0.25) is 0 Å². The molecule has 0 unspecified atom stereocenters. The Morgan fingerprint density at radius 3 is 2.59 bits per heavy atom. The Labute approximate surface area is 284 Å². The van der Waals surface area contributed by atoms with Crippen LogP contribution in [0.4, 0.5) is 15.8 Å². The molecule has 3 aromatic carbocycles. The fourth-order valence-corrected chi connectivity index (χ4v) is 5.01. The van der Waals surface area contributed by atoms with Crippen LogP contribution in [0, 0.1) is 5.82 Å². The lowest BCUT2D eigenvalue weighted by molar-refractivity contribution is -0.110. The lowest BCUT2D eigenvalue weighted by atomic mass is 10.1. The van der Waals surface area contributed by atoms with E-state index < -0.39 is 11.7 Å². The number of nitrogens with one attached hydrogen (secondary N) is 3. The molecule has 5 rings (SSSR count). The van der Waals surface area contributed by atoms with Gasteiger partial charge in [0.2, 0.25) is 0 Å². The number of hydrogen-bond acceptors (Lipinski definition) is 10. The van der Waals surface area contributed by atoms with Gasteiger partial charge < -0.3 is 39.8 Å². The average molecular weight is 667 g/mol. The van der Waals surface area contributed by atoms with Crippen molar-refractivity contribution in [3.05, 3.63) is 109 Å². The highest BCUT2D eigenvalue weighted by Crippen LogP contribution is 2.38. The van der Waals surface area contributed by atoms with Crippen molar-refractivity contribution < 1.29 is 28.1 Å². The molecule has 3 N–H and O–H groups in total. The average Bonchev–Trinajstić information content (AvgIpc) is 3.13. The van der Waals surface area contributed by atoms with Crippen molar-refractivity contribution in [1.82, 2.24) is 15.2 Å². The summed E-state index contributed by atoms with van der Waals surface area (Å²) in [6.45, 7) is 6.59. The number of methoxy groups -OCH3 is 1. The number of benzene rings is 3. The second kappa shape index (κ2) is 16.7. The topological polar surface area (TPSA) is 119 Å². The Balaban J connectivity index is 1.24. The number of rotatable bonds is 15. The predicted octanol–water partition coefficient (Wildman–Crippen LogP) is 6.57. The SMILES string of the molecule is C=Cc1ccc(N/C=C(/NC)C(=NC)C(=O)Nc2ccc(Oc3ccnc4cc(OCCCN5C=COCC5)c(OC)cc34)c(F)c2)cc1. The number of halogens is 1. The number of nitrogens with zero attached hydrogens (tertiary/aromatic N) is 3. The van der Waals surface area contributed by atoms with Gasteiger partial charge in [-0.1, -0.05) is 24.8 Å². The van der Waals surface area contributed by atoms with Crippen molar-refractivity contribution in [2.24, 2.45) is 4.99 Å². The number of anilines is 2. The Morgan fingerprint density at radius 2 is 1.90 bits per heavy atom. The summed E-state index contributed by atoms with van der Waals surface area (Å²) in [5.41, 5.74) is 3.18. The molecule has 0 bridgehead atoms. The van der Waals surface area contributed by atoms with E-state index in [1.807, 2.05) is 30.5 Å². The van der Waals surface area contributed by atoms with Crippen LogP contribution in [0.3, 0.4) is 0 Å². The molecule has 49 heavy (non-hydrogen) atoms. The first-order valence-corrected chi connectivity index (χ1v) is 15.7. The summed E-state index contributed by atoms with van der Waals surface area (Å²) in [5.74, 6) is 0.193. The molecule has 0 saturated carbocycles. The zero-order valence-corrected chi connectivity index (χ0v) is 27.7. The summed E-state index contributed by atoms with van der Waals surface area (Å²) in [7, 11) is 4.74. The zero-order valence-electron chi connectivity index (χ0n) is 27.7. The molecule has 0 spiro atoms. The Kier molecular flexibility index (Phi) is 11.7. The lowest BCUT2D eigenvalue weighted by Gasteiger charge is -2.23. The van der Waals surface area contributed by atoms with Crippen LogP contribution in [0.1, 0.15) is 12.0 Å². The van der Waals surface area contributed by atoms with Crippen molar-refractivity contribution in [2.75, 3.05) is 58.1 Å². The molecule has 1 aliphatic rings. The van der Waals surface area contributed by atoms with E-state index in [0.29, 0.717) is 47.1 Å². The standard InChI is InChI=1S/C37H39FN6O5/c1-5-25-7-9-26(10-8-25)42-24-31(39-2)36(40-3)37(45)43-27-11-12-33(29(38)21-27)49-32-13-14-41-30-23-35(34(46-4)22-28(30)32)48-18-6-15-44-16-19-47-20-17-44/h5,7-14,16,19,21-24,39,42H,1,6,15,17-18,20H2,2-4H3,(H,43,45)/b31-24+,40-36?. The van der Waals surface area contributed by atoms with Crippen molar-refractivity contribution in [2.45, 2.75) is 6.42 Å². The number of fused-ring (bicyclic) bond motifs is 1. The molecule has 1 amide bonds. The van der Waals surface area contributed by atoms with E-state index >= 15 is 4.39 Å². The number of amides is 1. The molecular formula is C37H39FN6O5.